The third kappa shape index (κ3) is 2.54. The smallest absolute Gasteiger partial charge is 0.427 e. The number of hydrogen-bond donors (Lipinski definition) is 1. The number of alkyl halides is 3. The lowest BCUT2D eigenvalue weighted by molar-refractivity contribution is -0.151. The fraction of sp³-hybridized carbons (Fsp3) is 0.333. The summed E-state index contributed by atoms with van der Waals surface area (Å²) in [6.45, 7) is 0. The second-order valence-corrected chi connectivity index (χ2v) is 3.87. The molecule has 1 unspecified atom stereocenters. The van der Waals surface area contributed by atoms with Crippen molar-refractivity contribution in [1.29, 1.82) is 0 Å². The van der Waals surface area contributed by atoms with Crippen molar-refractivity contribution in [2.24, 2.45) is 0 Å². The third-order valence-corrected chi connectivity index (χ3v) is 2.73. The summed E-state index contributed by atoms with van der Waals surface area (Å²) in [6.07, 6.45) is -5.06. The zero-order valence-electron chi connectivity index (χ0n) is 10.4. The number of hydrogen-bond acceptors (Lipinski definition) is 4. The van der Waals surface area contributed by atoms with Gasteiger partial charge in [-0.1, -0.05) is 0 Å². The molecule has 0 bridgehead atoms. The maximum atomic E-state index is 12.9. The lowest BCUT2D eigenvalue weighted by Gasteiger charge is -2.29. The average Bonchev–Trinajstić information content (AvgIpc) is 2.82. The van der Waals surface area contributed by atoms with Crippen LogP contribution in [0.3, 0.4) is 0 Å². The fourth-order valence-electron chi connectivity index (χ4n) is 1.84. The molecule has 0 fully saturated rings. The van der Waals surface area contributed by atoms with Crippen LogP contribution in [0, 0.1) is 0 Å². The van der Waals surface area contributed by atoms with Gasteiger partial charge in [0.25, 0.3) is 0 Å². The summed E-state index contributed by atoms with van der Waals surface area (Å²) in [5.41, 5.74) is 0.362. The van der Waals surface area contributed by atoms with E-state index in [1.165, 1.54) is 32.6 Å². The van der Waals surface area contributed by atoms with Crippen LogP contribution in [0.5, 0.6) is 5.75 Å². The van der Waals surface area contributed by atoms with Crippen molar-refractivity contribution in [1.82, 2.24) is 5.32 Å². The molecule has 1 aromatic rings. The number of rotatable bonds is 3. The van der Waals surface area contributed by atoms with Crippen LogP contribution in [0.25, 0.3) is 0 Å². The van der Waals surface area contributed by atoms with E-state index in [9.17, 15) is 13.2 Å². The maximum Gasteiger partial charge on any atom is 0.427 e. The predicted octanol–water partition coefficient (Wildman–Crippen LogP) is 2.44. The normalized spacial score (nSPS) is 18.9. The molecule has 19 heavy (non-hydrogen) atoms. The molecule has 1 aliphatic rings. The van der Waals surface area contributed by atoms with Crippen LogP contribution in [-0.4, -0.2) is 26.6 Å². The summed E-state index contributed by atoms with van der Waals surface area (Å²) in [5.74, 6) is 0.676. The van der Waals surface area contributed by atoms with E-state index >= 15 is 0 Å². The molecule has 1 atom stereocenters. The highest BCUT2D eigenvalue weighted by molar-refractivity contribution is 5.55. The molecule has 0 saturated carbocycles. The standard InChI is InChI=1S/C12H13F3N2O2/c1-18-9-5-3-8(4-6-9)17-10(19-2)7-16-11(17)12(13,14)15/h3-7,11,16H,1-2H3. The minimum atomic E-state index is -4.42. The molecule has 0 aromatic heterocycles. The van der Waals surface area contributed by atoms with Crippen molar-refractivity contribution >= 4 is 5.69 Å². The first-order chi connectivity index (χ1) is 8.97. The summed E-state index contributed by atoms with van der Waals surface area (Å²) in [7, 11) is 2.81. The Morgan fingerprint density at radius 1 is 1.11 bits per heavy atom. The van der Waals surface area contributed by atoms with Gasteiger partial charge in [-0.3, -0.25) is 4.90 Å². The van der Waals surface area contributed by atoms with Crippen molar-refractivity contribution in [3.63, 3.8) is 0 Å². The number of methoxy groups -OCH3 is 2. The molecule has 0 radical (unpaired) electrons. The van der Waals surface area contributed by atoms with Crippen molar-refractivity contribution in [2.75, 3.05) is 19.1 Å². The Balaban J connectivity index is 2.33. The SMILES string of the molecule is COC1=CNC(C(F)(F)F)N1c1ccc(OC)cc1. The molecule has 1 aromatic carbocycles. The molecule has 0 spiro atoms. The highest BCUT2D eigenvalue weighted by Gasteiger charge is 2.48. The van der Waals surface area contributed by atoms with Gasteiger partial charge in [0, 0.05) is 5.69 Å². The van der Waals surface area contributed by atoms with E-state index in [1.807, 2.05) is 0 Å². The van der Waals surface area contributed by atoms with Crippen LogP contribution >= 0.6 is 0 Å². The molecular weight excluding hydrogens is 261 g/mol. The Labute approximate surface area is 108 Å². The Kier molecular flexibility index (Phi) is 3.46. The Morgan fingerprint density at radius 2 is 1.74 bits per heavy atom. The number of ether oxygens (including phenoxy) is 2. The summed E-state index contributed by atoms with van der Waals surface area (Å²) < 4.78 is 48.7. The number of anilines is 1. The maximum absolute atomic E-state index is 12.9. The topological polar surface area (TPSA) is 33.7 Å². The Morgan fingerprint density at radius 3 is 2.21 bits per heavy atom. The summed E-state index contributed by atoms with van der Waals surface area (Å²) >= 11 is 0. The molecule has 0 aliphatic carbocycles. The van der Waals surface area contributed by atoms with Crippen LogP contribution in [0.2, 0.25) is 0 Å². The van der Waals surface area contributed by atoms with Gasteiger partial charge in [-0.2, -0.15) is 13.2 Å². The number of halogens is 3. The van der Waals surface area contributed by atoms with Gasteiger partial charge in [0.1, 0.15) is 5.75 Å². The van der Waals surface area contributed by atoms with Crippen LogP contribution in [0.4, 0.5) is 18.9 Å². The second kappa shape index (κ2) is 4.91. The highest BCUT2D eigenvalue weighted by atomic mass is 19.4. The largest absolute Gasteiger partial charge is 0.497 e. The van der Waals surface area contributed by atoms with Crippen molar-refractivity contribution in [2.45, 2.75) is 12.3 Å². The first kappa shape index (κ1) is 13.4. The summed E-state index contributed by atoms with van der Waals surface area (Å²) in [6, 6.07) is 6.26. The molecule has 0 saturated heterocycles. The van der Waals surface area contributed by atoms with Gasteiger partial charge in [0.2, 0.25) is 12.0 Å². The monoisotopic (exact) mass is 274 g/mol. The molecule has 1 N–H and O–H groups in total. The van der Waals surface area contributed by atoms with Crippen LogP contribution < -0.4 is 15.0 Å². The highest BCUT2D eigenvalue weighted by Crippen LogP contribution is 2.34. The van der Waals surface area contributed by atoms with E-state index in [4.69, 9.17) is 9.47 Å². The van der Waals surface area contributed by atoms with Crippen molar-refractivity contribution < 1.29 is 22.6 Å². The van der Waals surface area contributed by atoms with Gasteiger partial charge in [-0.25, -0.2) is 0 Å². The average molecular weight is 274 g/mol. The zero-order chi connectivity index (χ0) is 14.0. The molecule has 2 rings (SSSR count). The first-order valence-electron chi connectivity index (χ1n) is 5.47. The minimum Gasteiger partial charge on any atom is -0.497 e. The number of nitrogens with one attached hydrogen (secondary N) is 1. The Bertz CT molecular complexity index is 471. The van der Waals surface area contributed by atoms with E-state index in [2.05, 4.69) is 5.32 Å². The Hall–Kier alpha value is -2.05. The number of benzene rings is 1. The van der Waals surface area contributed by atoms with Crippen molar-refractivity contribution in [3.05, 3.63) is 36.3 Å². The zero-order valence-corrected chi connectivity index (χ0v) is 10.4. The van der Waals surface area contributed by atoms with E-state index in [1.54, 1.807) is 12.1 Å². The van der Waals surface area contributed by atoms with Crippen LogP contribution in [-0.2, 0) is 4.74 Å². The molecule has 0 amide bonds. The van der Waals surface area contributed by atoms with E-state index in [0.29, 0.717) is 11.4 Å². The lowest BCUT2D eigenvalue weighted by Crippen LogP contribution is -2.48. The summed E-state index contributed by atoms with van der Waals surface area (Å²) in [5, 5.41) is 2.26. The fourth-order valence-corrected chi connectivity index (χ4v) is 1.84. The van der Waals surface area contributed by atoms with Crippen LogP contribution in [0.1, 0.15) is 0 Å². The molecule has 1 heterocycles. The minimum absolute atomic E-state index is 0.104. The number of nitrogens with zero attached hydrogens (tertiary/aromatic N) is 1. The van der Waals surface area contributed by atoms with E-state index in [-0.39, 0.29) is 5.88 Å². The molecule has 7 heteroatoms. The van der Waals surface area contributed by atoms with Gasteiger partial charge < -0.3 is 14.8 Å². The van der Waals surface area contributed by atoms with Crippen LogP contribution in [0.15, 0.2) is 36.3 Å². The van der Waals surface area contributed by atoms with E-state index < -0.39 is 12.3 Å². The molecular formula is C12H13F3N2O2. The van der Waals surface area contributed by atoms with Crippen molar-refractivity contribution in [3.8, 4) is 5.75 Å². The summed E-state index contributed by atoms with van der Waals surface area (Å²) in [4.78, 5) is 1.04. The first-order valence-corrected chi connectivity index (χ1v) is 5.47. The van der Waals surface area contributed by atoms with Gasteiger partial charge >= 0.3 is 6.18 Å². The van der Waals surface area contributed by atoms with Gasteiger partial charge in [0.05, 0.1) is 20.4 Å². The van der Waals surface area contributed by atoms with E-state index in [0.717, 1.165) is 4.90 Å². The molecule has 104 valence electrons. The molecule has 1 aliphatic heterocycles. The van der Waals surface area contributed by atoms with Gasteiger partial charge in [-0.15, -0.1) is 0 Å². The third-order valence-electron chi connectivity index (χ3n) is 2.73. The predicted molar refractivity (Wildman–Crippen MR) is 63.5 cm³/mol. The van der Waals surface area contributed by atoms with Gasteiger partial charge in [-0.05, 0) is 24.3 Å². The molecule has 4 nitrogen and oxygen atoms in total. The van der Waals surface area contributed by atoms with Gasteiger partial charge in [0.15, 0.2) is 0 Å². The quantitative estimate of drug-likeness (QED) is 0.918. The lowest BCUT2D eigenvalue weighted by atomic mass is 10.2. The second-order valence-electron chi connectivity index (χ2n) is 3.87.